The van der Waals surface area contributed by atoms with Gasteiger partial charge in [0.15, 0.2) is 0 Å². The van der Waals surface area contributed by atoms with Gasteiger partial charge in [0.05, 0.1) is 6.17 Å². The molecule has 0 aliphatic heterocycles. The summed E-state index contributed by atoms with van der Waals surface area (Å²) in [6.45, 7) is 7.25. The molecule has 0 fully saturated rings. The molecule has 61 valence electrons. The molecule has 0 amide bonds. The van der Waals surface area contributed by atoms with Crippen molar-refractivity contribution in [3.05, 3.63) is 0 Å². The second-order valence-electron chi connectivity index (χ2n) is 2.79. The molecule has 2 nitrogen and oxygen atoms in total. The Morgan fingerprint density at radius 2 is 1.80 bits per heavy atom. The molecule has 2 heteroatoms. The fraction of sp³-hybridized carbons (Fsp3) is 1.00. The van der Waals surface area contributed by atoms with Crippen LogP contribution in [0, 0.1) is 5.92 Å². The van der Waals surface area contributed by atoms with Crippen LogP contribution in [0.25, 0.3) is 0 Å². The van der Waals surface area contributed by atoms with Crippen molar-refractivity contribution in [2.24, 2.45) is 11.7 Å². The third-order valence-electron chi connectivity index (χ3n) is 1.81. The van der Waals surface area contributed by atoms with Crippen LogP contribution in [0.3, 0.4) is 0 Å². The third kappa shape index (κ3) is 4.77. The first kappa shape index (κ1) is 9.92. The number of nitrogens with zero attached hydrogens (tertiary/aromatic N) is 1. The van der Waals surface area contributed by atoms with Crippen molar-refractivity contribution in [3.8, 4) is 0 Å². The molecule has 0 spiro atoms. The average Bonchev–Trinajstić information content (AvgIpc) is 1.90. The summed E-state index contributed by atoms with van der Waals surface area (Å²) in [5.74, 6) is 0.742. The third-order valence-corrected chi connectivity index (χ3v) is 1.81. The molecular formula is C8H19N2. The maximum Gasteiger partial charge on any atom is 0.0682 e. The van der Waals surface area contributed by atoms with Crippen LogP contribution in [0.15, 0.2) is 0 Å². The minimum Gasteiger partial charge on any atom is -0.315 e. The minimum absolute atomic E-state index is 0.0144. The predicted molar refractivity (Wildman–Crippen MR) is 44.7 cm³/mol. The second-order valence-corrected chi connectivity index (χ2v) is 2.79. The van der Waals surface area contributed by atoms with Gasteiger partial charge < -0.3 is 5.73 Å². The van der Waals surface area contributed by atoms with Gasteiger partial charge in [0.2, 0.25) is 0 Å². The summed E-state index contributed by atoms with van der Waals surface area (Å²) in [7, 11) is 0. The standard InChI is InChI=1S/C8H19N2/c1-4-8(5-2)6-10-7(3)9/h7-8H,4-6,9H2,1-3H3. The van der Waals surface area contributed by atoms with E-state index >= 15 is 0 Å². The Labute approximate surface area is 64.2 Å². The van der Waals surface area contributed by atoms with Gasteiger partial charge in [0.25, 0.3) is 0 Å². The first-order valence-corrected chi connectivity index (χ1v) is 4.12. The van der Waals surface area contributed by atoms with Crippen molar-refractivity contribution in [2.45, 2.75) is 39.8 Å². The van der Waals surface area contributed by atoms with Crippen molar-refractivity contribution < 1.29 is 0 Å². The number of hydrogen-bond acceptors (Lipinski definition) is 1. The molecule has 0 aromatic rings. The van der Waals surface area contributed by atoms with E-state index in [9.17, 15) is 0 Å². The zero-order chi connectivity index (χ0) is 7.98. The molecule has 0 bridgehead atoms. The molecule has 0 heterocycles. The highest BCUT2D eigenvalue weighted by molar-refractivity contribution is 4.59. The quantitative estimate of drug-likeness (QED) is 0.619. The van der Waals surface area contributed by atoms with Gasteiger partial charge in [-0.15, -0.1) is 0 Å². The molecule has 0 aromatic heterocycles. The molecule has 0 aromatic carbocycles. The molecule has 0 saturated carbocycles. The molecule has 1 atom stereocenters. The Hall–Kier alpha value is -0.0800. The molecular weight excluding hydrogens is 124 g/mol. The number of nitrogens with two attached hydrogens (primary N) is 1. The summed E-state index contributed by atoms with van der Waals surface area (Å²) in [4.78, 5) is 0. The van der Waals surface area contributed by atoms with Crippen LogP contribution in [0.2, 0.25) is 0 Å². The van der Waals surface area contributed by atoms with Gasteiger partial charge in [-0.25, -0.2) is 5.32 Å². The van der Waals surface area contributed by atoms with Crippen molar-refractivity contribution in [2.75, 3.05) is 6.54 Å². The van der Waals surface area contributed by atoms with Gasteiger partial charge in [-0.3, -0.25) is 0 Å². The first-order chi connectivity index (χ1) is 4.70. The van der Waals surface area contributed by atoms with E-state index in [0.29, 0.717) is 0 Å². The minimum atomic E-state index is 0.0144. The van der Waals surface area contributed by atoms with Crippen molar-refractivity contribution in [1.29, 1.82) is 0 Å². The molecule has 0 saturated heterocycles. The lowest BCUT2D eigenvalue weighted by molar-refractivity contribution is 0.415. The summed E-state index contributed by atoms with van der Waals surface area (Å²) >= 11 is 0. The Balaban J connectivity index is 3.26. The zero-order valence-electron chi connectivity index (χ0n) is 7.30. The Morgan fingerprint density at radius 1 is 1.30 bits per heavy atom. The largest absolute Gasteiger partial charge is 0.315 e. The molecule has 0 aliphatic rings. The van der Waals surface area contributed by atoms with Crippen molar-refractivity contribution in [1.82, 2.24) is 5.32 Å². The summed E-state index contributed by atoms with van der Waals surface area (Å²) < 4.78 is 0. The van der Waals surface area contributed by atoms with Crippen LogP contribution >= 0.6 is 0 Å². The fourth-order valence-corrected chi connectivity index (χ4v) is 0.862. The lowest BCUT2D eigenvalue weighted by atomic mass is 10.0. The van der Waals surface area contributed by atoms with E-state index in [2.05, 4.69) is 19.2 Å². The normalized spacial score (nSPS) is 14.1. The molecule has 2 N–H and O–H groups in total. The van der Waals surface area contributed by atoms with Gasteiger partial charge in [0.1, 0.15) is 0 Å². The van der Waals surface area contributed by atoms with Gasteiger partial charge in [-0.1, -0.05) is 26.7 Å². The van der Waals surface area contributed by atoms with Crippen molar-refractivity contribution in [3.63, 3.8) is 0 Å². The Morgan fingerprint density at radius 3 is 2.10 bits per heavy atom. The molecule has 1 radical (unpaired) electrons. The average molecular weight is 143 g/mol. The SMILES string of the molecule is CCC(CC)C[N]C(C)N. The second kappa shape index (κ2) is 5.69. The summed E-state index contributed by atoms with van der Waals surface area (Å²) in [6, 6.07) is 0. The van der Waals surface area contributed by atoms with Gasteiger partial charge in [0, 0.05) is 6.54 Å². The van der Waals surface area contributed by atoms with Crippen LogP contribution in [-0.2, 0) is 0 Å². The highest BCUT2D eigenvalue weighted by Crippen LogP contribution is 2.05. The highest BCUT2D eigenvalue weighted by Gasteiger charge is 2.03. The van der Waals surface area contributed by atoms with Crippen LogP contribution in [-0.4, -0.2) is 12.7 Å². The van der Waals surface area contributed by atoms with E-state index in [1.54, 1.807) is 0 Å². The maximum atomic E-state index is 5.48. The molecule has 1 unspecified atom stereocenters. The highest BCUT2D eigenvalue weighted by atomic mass is 15.0. The van der Waals surface area contributed by atoms with E-state index in [1.165, 1.54) is 12.8 Å². The smallest absolute Gasteiger partial charge is 0.0682 e. The van der Waals surface area contributed by atoms with Gasteiger partial charge in [-0.2, -0.15) is 0 Å². The lowest BCUT2D eigenvalue weighted by Gasteiger charge is -2.13. The number of hydrogen-bond donors (Lipinski definition) is 1. The lowest BCUT2D eigenvalue weighted by Crippen LogP contribution is -2.31. The number of rotatable bonds is 5. The van der Waals surface area contributed by atoms with Crippen LogP contribution in [0.4, 0.5) is 0 Å². The van der Waals surface area contributed by atoms with Gasteiger partial charge >= 0.3 is 0 Å². The Kier molecular flexibility index (Phi) is 5.64. The van der Waals surface area contributed by atoms with Gasteiger partial charge in [-0.05, 0) is 12.8 Å². The summed E-state index contributed by atoms with van der Waals surface area (Å²) in [6.07, 6.45) is 2.44. The fourth-order valence-electron chi connectivity index (χ4n) is 0.862. The van der Waals surface area contributed by atoms with Crippen LogP contribution in [0.1, 0.15) is 33.6 Å². The van der Waals surface area contributed by atoms with E-state index in [4.69, 9.17) is 5.73 Å². The van der Waals surface area contributed by atoms with E-state index in [1.807, 2.05) is 6.92 Å². The van der Waals surface area contributed by atoms with E-state index in [-0.39, 0.29) is 6.17 Å². The zero-order valence-corrected chi connectivity index (χ0v) is 7.30. The molecule has 10 heavy (non-hydrogen) atoms. The van der Waals surface area contributed by atoms with Crippen LogP contribution in [0.5, 0.6) is 0 Å². The molecule has 0 aliphatic carbocycles. The monoisotopic (exact) mass is 143 g/mol. The van der Waals surface area contributed by atoms with E-state index in [0.717, 1.165) is 12.5 Å². The van der Waals surface area contributed by atoms with Crippen molar-refractivity contribution >= 4 is 0 Å². The predicted octanol–water partition coefficient (Wildman–Crippen LogP) is 1.33. The Bertz CT molecular complexity index is 67.7. The topological polar surface area (TPSA) is 40.1 Å². The molecule has 0 rings (SSSR count). The maximum absolute atomic E-state index is 5.48. The summed E-state index contributed by atoms with van der Waals surface area (Å²) in [5.41, 5.74) is 5.48. The first-order valence-electron chi connectivity index (χ1n) is 4.12. The summed E-state index contributed by atoms with van der Waals surface area (Å²) in [5, 5.41) is 4.24. The van der Waals surface area contributed by atoms with Crippen LogP contribution < -0.4 is 11.1 Å². The van der Waals surface area contributed by atoms with E-state index < -0.39 is 0 Å².